The average Bonchev–Trinajstić information content (AvgIpc) is 2.84. The van der Waals surface area contributed by atoms with Crippen molar-refractivity contribution in [3.8, 4) is 0 Å². The molecule has 8 heteroatoms. The summed E-state index contributed by atoms with van der Waals surface area (Å²) in [6.07, 6.45) is 22.9. The summed E-state index contributed by atoms with van der Waals surface area (Å²) in [4.78, 5) is 12.4. The van der Waals surface area contributed by atoms with E-state index in [0.29, 0.717) is 6.42 Å². The summed E-state index contributed by atoms with van der Waals surface area (Å²) < 4.78 is 32.0. The SMILES string of the molecule is CCCCCCC/C=C/C(O)C(CS(=O)(=O)O)NC(=O)C(O)CCCCCCCCCCCCCCC. The third kappa shape index (κ3) is 23.9. The molecule has 0 aliphatic heterocycles. The highest BCUT2D eigenvalue weighted by Crippen LogP contribution is 2.14. The number of hydrogen-bond acceptors (Lipinski definition) is 5. The van der Waals surface area contributed by atoms with Crippen molar-refractivity contribution in [2.24, 2.45) is 0 Å². The number of nitrogens with one attached hydrogen (secondary N) is 1. The molecular weight excluding hydrogens is 490 g/mol. The van der Waals surface area contributed by atoms with Crippen molar-refractivity contribution in [2.45, 2.75) is 161 Å². The lowest BCUT2D eigenvalue weighted by molar-refractivity contribution is -0.130. The van der Waals surface area contributed by atoms with Crippen molar-refractivity contribution in [1.82, 2.24) is 5.32 Å². The van der Waals surface area contributed by atoms with E-state index in [2.05, 4.69) is 19.2 Å². The number of unbranched alkanes of at least 4 members (excludes halogenated alkanes) is 17. The minimum absolute atomic E-state index is 0.284. The number of rotatable bonds is 26. The van der Waals surface area contributed by atoms with E-state index in [9.17, 15) is 28.0 Å². The first-order chi connectivity index (χ1) is 17.7. The molecule has 0 aromatic heterocycles. The molecular formula is C29H57NO6S. The van der Waals surface area contributed by atoms with Gasteiger partial charge in [0.1, 0.15) is 6.10 Å². The molecule has 0 aliphatic carbocycles. The Kier molecular flexibility index (Phi) is 23.5. The second-order valence-corrected chi connectivity index (χ2v) is 12.0. The zero-order valence-corrected chi connectivity index (χ0v) is 24.5. The molecule has 37 heavy (non-hydrogen) atoms. The van der Waals surface area contributed by atoms with Gasteiger partial charge in [-0.15, -0.1) is 0 Å². The normalized spacial score (nSPS) is 14.6. The van der Waals surface area contributed by atoms with E-state index in [4.69, 9.17) is 0 Å². The van der Waals surface area contributed by atoms with Gasteiger partial charge in [-0.2, -0.15) is 8.42 Å². The molecule has 0 aromatic rings. The fraction of sp³-hybridized carbons (Fsp3) is 0.897. The number of aliphatic hydroxyl groups is 2. The maximum atomic E-state index is 12.4. The van der Waals surface area contributed by atoms with Gasteiger partial charge in [0.15, 0.2) is 0 Å². The lowest BCUT2D eigenvalue weighted by Gasteiger charge is -2.22. The van der Waals surface area contributed by atoms with Crippen LogP contribution in [0.15, 0.2) is 12.2 Å². The topological polar surface area (TPSA) is 124 Å². The van der Waals surface area contributed by atoms with Crippen LogP contribution in [-0.4, -0.2) is 53.1 Å². The standard InChI is InChI=1S/C29H57NO6S/c1-3-5-7-9-11-12-13-14-15-16-18-20-22-24-28(32)29(33)30-26(25-37(34,35)36)27(31)23-21-19-17-10-8-6-4-2/h21,23,26-28,31-32H,3-20,22,24-25H2,1-2H3,(H,30,33)(H,34,35,36)/b23-21+. The molecule has 0 saturated carbocycles. The lowest BCUT2D eigenvalue weighted by atomic mass is 10.0. The molecule has 220 valence electrons. The van der Waals surface area contributed by atoms with Crippen LogP contribution in [0.3, 0.4) is 0 Å². The zero-order chi connectivity index (χ0) is 27.8. The van der Waals surface area contributed by atoms with Crippen molar-refractivity contribution in [2.75, 3.05) is 5.75 Å². The molecule has 0 rings (SSSR count). The fourth-order valence-electron chi connectivity index (χ4n) is 4.45. The van der Waals surface area contributed by atoms with Crippen LogP contribution in [0.2, 0.25) is 0 Å². The summed E-state index contributed by atoms with van der Waals surface area (Å²) >= 11 is 0. The van der Waals surface area contributed by atoms with Gasteiger partial charge in [0.25, 0.3) is 10.1 Å². The van der Waals surface area contributed by atoms with Crippen LogP contribution in [0.4, 0.5) is 0 Å². The molecule has 0 aromatic carbocycles. The van der Waals surface area contributed by atoms with Crippen molar-refractivity contribution in [3.05, 3.63) is 12.2 Å². The van der Waals surface area contributed by atoms with Gasteiger partial charge in [-0.1, -0.05) is 135 Å². The van der Waals surface area contributed by atoms with Gasteiger partial charge in [-0.05, 0) is 19.3 Å². The summed E-state index contributed by atoms with van der Waals surface area (Å²) in [5.41, 5.74) is 0. The Balaban J connectivity index is 4.17. The Hall–Kier alpha value is -0.960. The first-order valence-electron chi connectivity index (χ1n) is 15.0. The van der Waals surface area contributed by atoms with Crippen LogP contribution in [0.1, 0.15) is 142 Å². The number of amides is 1. The monoisotopic (exact) mass is 547 g/mol. The van der Waals surface area contributed by atoms with Crippen molar-refractivity contribution < 1.29 is 28.0 Å². The second-order valence-electron chi connectivity index (χ2n) is 10.5. The van der Waals surface area contributed by atoms with Crippen molar-refractivity contribution >= 4 is 16.0 Å². The molecule has 3 unspecified atom stereocenters. The third-order valence-corrected chi connectivity index (χ3v) is 7.60. The summed E-state index contributed by atoms with van der Waals surface area (Å²) in [7, 11) is -4.42. The van der Waals surface area contributed by atoms with Gasteiger partial charge in [-0.25, -0.2) is 0 Å². The Morgan fingerprint density at radius 3 is 1.62 bits per heavy atom. The second kappa shape index (κ2) is 24.1. The maximum Gasteiger partial charge on any atom is 0.267 e. The van der Waals surface area contributed by atoms with Gasteiger partial charge < -0.3 is 15.5 Å². The van der Waals surface area contributed by atoms with Gasteiger partial charge in [0.05, 0.1) is 17.9 Å². The average molecular weight is 548 g/mol. The number of allylic oxidation sites excluding steroid dienone is 1. The molecule has 0 heterocycles. The summed E-state index contributed by atoms with van der Waals surface area (Å²) in [6.45, 7) is 4.39. The first-order valence-corrected chi connectivity index (χ1v) is 16.6. The molecule has 0 bridgehead atoms. The van der Waals surface area contributed by atoms with Crippen LogP contribution in [0, 0.1) is 0 Å². The van der Waals surface area contributed by atoms with Crippen LogP contribution in [0.5, 0.6) is 0 Å². The third-order valence-electron chi connectivity index (χ3n) is 6.82. The van der Waals surface area contributed by atoms with Gasteiger partial charge in [-0.3, -0.25) is 9.35 Å². The van der Waals surface area contributed by atoms with E-state index in [1.165, 1.54) is 70.3 Å². The smallest absolute Gasteiger partial charge is 0.267 e. The quantitative estimate of drug-likeness (QED) is 0.0558. The van der Waals surface area contributed by atoms with E-state index in [1.807, 2.05) is 0 Å². The summed E-state index contributed by atoms with van der Waals surface area (Å²) in [5, 5.41) is 23.0. The molecule has 3 atom stereocenters. The van der Waals surface area contributed by atoms with Gasteiger partial charge in [0.2, 0.25) is 5.91 Å². The molecule has 1 amide bonds. The Morgan fingerprint density at radius 2 is 1.16 bits per heavy atom. The minimum atomic E-state index is -4.42. The predicted molar refractivity (Wildman–Crippen MR) is 153 cm³/mol. The molecule has 0 radical (unpaired) electrons. The van der Waals surface area contributed by atoms with E-state index >= 15 is 0 Å². The first kappa shape index (κ1) is 36.0. The minimum Gasteiger partial charge on any atom is -0.387 e. The van der Waals surface area contributed by atoms with E-state index in [1.54, 1.807) is 6.08 Å². The number of carbonyl (C=O) groups is 1. The molecule has 4 N–H and O–H groups in total. The molecule has 0 saturated heterocycles. The van der Waals surface area contributed by atoms with Crippen molar-refractivity contribution in [3.63, 3.8) is 0 Å². The zero-order valence-electron chi connectivity index (χ0n) is 23.7. The van der Waals surface area contributed by atoms with Crippen LogP contribution in [0.25, 0.3) is 0 Å². The summed E-state index contributed by atoms with van der Waals surface area (Å²) in [6, 6.07) is -1.22. The van der Waals surface area contributed by atoms with Crippen molar-refractivity contribution in [1.29, 1.82) is 0 Å². The fourth-order valence-corrected chi connectivity index (χ4v) is 5.19. The number of carbonyl (C=O) groups excluding carboxylic acids is 1. The van der Waals surface area contributed by atoms with Crippen LogP contribution < -0.4 is 5.32 Å². The molecule has 7 nitrogen and oxygen atoms in total. The lowest BCUT2D eigenvalue weighted by Crippen LogP contribution is -2.50. The number of aliphatic hydroxyl groups excluding tert-OH is 2. The van der Waals surface area contributed by atoms with Crippen LogP contribution in [-0.2, 0) is 14.9 Å². The predicted octanol–water partition coefficient (Wildman–Crippen LogP) is 6.48. The Bertz CT molecular complexity index is 667. The molecule has 0 fully saturated rings. The summed E-state index contributed by atoms with van der Waals surface area (Å²) in [5.74, 6) is -1.54. The van der Waals surface area contributed by atoms with E-state index in [0.717, 1.165) is 51.4 Å². The van der Waals surface area contributed by atoms with Gasteiger partial charge >= 0.3 is 0 Å². The van der Waals surface area contributed by atoms with E-state index < -0.39 is 40.0 Å². The van der Waals surface area contributed by atoms with E-state index in [-0.39, 0.29) is 6.42 Å². The maximum absolute atomic E-state index is 12.4. The van der Waals surface area contributed by atoms with Crippen LogP contribution >= 0.6 is 0 Å². The molecule has 0 spiro atoms. The highest BCUT2D eigenvalue weighted by Gasteiger charge is 2.27. The number of hydrogen-bond donors (Lipinski definition) is 4. The highest BCUT2D eigenvalue weighted by molar-refractivity contribution is 7.85. The Morgan fingerprint density at radius 1 is 0.730 bits per heavy atom. The highest BCUT2D eigenvalue weighted by atomic mass is 32.2. The van der Waals surface area contributed by atoms with Gasteiger partial charge in [0, 0.05) is 0 Å². The largest absolute Gasteiger partial charge is 0.387 e. The molecule has 0 aliphatic rings. The Labute approximate surface area is 227 Å².